The highest BCUT2D eigenvalue weighted by atomic mass is 15.1. The highest BCUT2D eigenvalue weighted by Crippen LogP contribution is 2.23. The number of rotatable bonds is 4. The minimum Gasteiger partial charge on any atom is -0.399 e. The van der Waals surface area contributed by atoms with E-state index in [4.69, 9.17) is 11.0 Å². The quantitative estimate of drug-likeness (QED) is 0.869. The molecule has 0 aliphatic heterocycles. The summed E-state index contributed by atoms with van der Waals surface area (Å²) < 4.78 is 0. The van der Waals surface area contributed by atoms with Crippen molar-refractivity contribution in [3.63, 3.8) is 0 Å². The second-order valence-electron chi connectivity index (χ2n) is 5.51. The molecule has 1 unspecified atom stereocenters. The molecule has 0 saturated carbocycles. The Morgan fingerprint density at radius 2 is 2.00 bits per heavy atom. The van der Waals surface area contributed by atoms with Gasteiger partial charge in [0.1, 0.15) is 0 Å². The van der Waals surface area contributed by atoms with E-state index >= 15 is 0 Å². The zero-order chi connectivity index (χ0) is 15.4. The van der Waals surface area contributed by atoms with Crippen LogP contribution in [0.3, 0.4) is 0 Å². The maximum absolute atomic E-state index is 8.93. The van der Waals surface area contributed by atoms with E-state index in [2.05, 4.69) is 37.9 Å². The first kappa shape index (κ1) is 15.1. The molecule has 0 aliphatic carbocycles. The molecule has 0 bridgehead atoms. The van der Waals surface area contributed by atoms with Crippen molar-refractivity contribution in [1.82, 2.24) is 4.90 Å². The van der Waals surface area contributed by atoms with Crippen molar-refractivity contribution in [3.05, 3.63) is 64.7 Å². The van der Waals surface area contributed by atoms with E-state index in [0.717, 1.165) is 17.8 Å². The van der Waals surface area contributed by atoms with E-state index in [1.807, 2.05) is 36.4 Å². The number of benzene rings is 2. The van der Waals surface area contributed by atoms with Gasteiger partial charge in [0.15, 0.2) is 0 Å². The Labute approximate surface area is 126 Å². The Balaban J connectivity index is 2.14. The molecular formula is C18H21N3. The Morgan fingerprint density at radius 1 is 1.24 bits per heavy atom. The molecule has 2 N–H and O–H groups in total. The summed E-state index contributed by atoms with van der Waals surface area (Å²) in [5.74, 6) is 0. The topological polar surface area (TPSA) is 53.0 Å². The number of nitrogens with zero attached hydrogens (tertiary/aromatic N) is 2. The Hall–Kier alpha value is -2.31. The largest absolute Gasteiger partial charge is 0.399 e. The lowest BCUT2D eigenvalue weighted by atomic mass is 10.0. The molecule has 0 aromatic heterocycles. The van der Waals surface area contributed by atoms with Crippen LogP contribution >= 0.6 is 0 Å². The molecule has 21 heavy (non-hydrogen) atoms. The Kier molecular flexibility index (Phi) is 4.62. The number of anilines is 1. The monoisotopic (exact) mass is 279 g/mol. The lowest BCUT2D eigenvalue weighted by Crippen LogP contribution is -2.22. The lowest BCUT2D eigenvalue weighted by Gasteiger charge is -2.26. The molecule has 108 valence electrons. The number of aryl methyl sites for hydroxylation is 1. The normalized spacial score (nSPS) is 12.1. The number of hydrogen-bond donors (Lipinski definition) is 1. The van der Waals surface area contributed by atoms with Gasteiger partial charge < -0.3 is 5.73 Å². The fourth-order valence-corrected chi connectivity index (χ4v) is 2.42. The maximum Gasteiger partial charge on any atom is 0.0991 e. The molecule has 3 heteroatoms. The van der Waals surface area contributed by atoms with Crippen molar-refractivity contribution in [3.8, 4) is 6.07 Å². The summed E-state index contributed by atoms with van der Waals surface area (Å²) in [5, 5.41) is 8.93. The van der Waals surface area contributed by atoms with Crippen LogP contribution in [-0.4, -0.2) is 11.9 Å². The minimum atomic E-state index is 0.281. The summed E-state index contributed by atoms with van der Waals surface area (Å²) in [4.78, 5) is 2.28. The number of hydrogen-bond acceptors (Lipinski definition) is 3. The summed E-state index contributed by atoms with van der Waals surface area (Å²) in [7, 11) is 2.10. The summed E-state index contributed by atoms with van der Waals surface area (Å²) in [6.45, 7) is 5.07. The van der Waals surface area contributed by atoms with Gasteiger partial charge in [-0.1, -0.05) is 18.2 Å². The molecule has 0 fully saturated rings. The fraction of sp³-hybridized carbons (Fsp3) is 0.278. The second kappa shape index (κ2) is 6.43. The highest BCUT2D eigenvalue weighted by Gasteiger charge is 2.13. The van der Waals surface area contributed by atoms with Crippen LogP contribution in [0.1, 0.15) is 35.2 Å². The van der Waals surface area contributed by atoms with Gasteiger partial charge in [-0.05, 0) is 61.9 Å². The molecule has 0 radical (unpaired) electrons. The van der Waals surface area contributed by atoms with Gasteiger partial charge >= 0.3 is 0 Å². The third-order valence-corrected chi connectivity index (χ3v) is 3.95. The van der Waals surface area contributed by atoms with Gasteiger partial charge in [-0.25, -0.2) is 0 Å². The molecule has 3 nitrogen and oxygen atoms in total. The van der Waals surface area contributed by atoms with Crippen LogP contribution in [0, 0.1) is 18.3 Å². The third-order valence-electron chi connectivity index (χ3n) is 3.95. The lowest BCUT2D eigenvalue weighted by molar-refractivity contribution is 0.252. The van der Waals surface area contributed by atoms with E-state index in [0.29, 0.717) is 5.56 Å². The van der Waals surface area contributed by atoms with Crippen LogP contribution in [0.25, 0.3) is 0 Å². The Bertz CT molecular complexity index is 670. The molecule has 0 heterocycles. The van der Waals surface area contributed by atoms with Crippen LogP contribution in [0.15, 0.2) is 42.5 Å². The Morgan fingerprint density at radius 3 is 2.62 bits per heavy atom. The van der Waals surface area contributed by atoms with Gasteiger partial charge in [-0.3, -0.25) is 4.90 Å². The van der Waals surface area contributed by atoms with Gasteiger partial charge in [0.25, 0.3) is 0 Å². The second-order valence-corrected chi connectivity index (χ2v) is 5.51. The van der Waals surface area contributed by atoms with E-state index in [1.54, 1.807) is 0 Å². The zero-order valence-corrected chi connectivity index (χ0v) is 12.8. The van der Waals surface area contributed by atoms with Gasteiger partial charge in [-0.15, -0.1) is 0 Å². The van der Waals surface area contributed by atoms with Crippen molar-refractivity contribution in [2.75, 3.05) is 12.8 Å². The first-order valence-electron chi connectivity index (χ1n) is 7.06. The predicted octanol–water partition coefficient (Wildman–Crippen LogP) is 3.64. The zero-order valence-electron chi connectivity index (χ0n) is 12.8. The SMILES string of the molecule is Cc1cc(C#N)ccc1CN(C)C(C)c1cccc(N)c1. The summed E-state index contributed by atoms with van der Waals surface area (Å²) in [6.07, 6.45) is 0. The van der Waals surface area contributed by atoms with E-state index in [1.165, 1.54) is 11.1 Å². The first-order valence-corrected chi connectivity index (χ1v) is 7.06. The molecule has 0 spiro atoms. The number of nitrogen functional groups attached to an aromatic ring is 1. The number of nitrogens with two attached hydrogens (primary N) is 1. The fourth-order valence-electron chi connectivity index (χ4n) is 2.42. The van der Waals surface area contributed by atoms with Crippen LogP contribution in [0.4, 0.5) is 5.69 Å². The molecule has 0 aliphatic rings. The molecular weight excluding hydrogens is 258 g/mol. The van der Waals surface area contributed by atoms with Crippen LogP contribution < -0.4 is 5.73 Å². The first-order chi connectivity index (χ1) is 10.0. The van der Waals surface area contributed by atoms with Gasteiger partial charge in [0.05, 0.1) is 11.6 Å². The molecule has 2 aromatic rings. The van der Waals surface area contributed by atoms with Crippen LogP contribution in [0.2, 0.25) is 0 Å². The van der Waals surface area contributed by atoms with Gasteiger partial charge in [-0.2, -0.15) is 5.26 Å². The molecule has 1 atom stereocenters. The average molecular weight is 279 g/mol. The molecule has 0 saturated heterocycles. The average Bonchev–Trinajstić information content (AvgIpc) is 2.48. The van der Waals surface area contributed by atoms with E-state index in [-0.39, 0.29) is 6.04 Å². The van der Waals surface area contributed by atoms with Crippen molar-refractivity contribution in [2.24, 2.45) is 0 Å². The summed E-state index contributed by atoms with van der Waals surface area (Å²) >= 11 is 0. The van der Waals surface area contributed by atoms with E-state index in [9.17, 15) is 0 Å². The molecule has 2 rings (SSSR count). The van der Waals surface area contributed by atoms with Crippen LogP contribution in [0.5, 0.6) is 0 Å². The van der Waals surface area contributed by atoms with E-state index < -0.39 is 0 Å². The molecule has 2 aromatic carbocycles. The van der Waals surface area contributed by atoms with Crippen molar-refractivity contribution < 1.29 is 0 Å². The van der Waals surface area contributed by atoms with Gasteiger partial charge in [0, 0.05) is 18.3 Å². The summed E-state index contributed by atoms with van der Waals surface area (Å²) in [5.41, 5.74) is 11.0. The van der Waals surface area contributed by atoms with Crippen molar-refractivity contribution >= 4 is 5.69 Å². The minimum absolute atomic E-state index is 0.281. The highest BCUT2D eigenvalue weighted by molar-refractivity contribution is 5.42. The number of nitriles is 1. The van der Waals surface area contributed by atoms with Gasteiger partial charge in [0.2, 0.25) is 0 Å². The predicted molar refractivity (Wildman–Crippen MR) is 86.6 cm³/mol. The third kappa shape index (κ3) is 3.62. The smallest absolute Gasteiger partial charge is 0.0991 e. The van der Waals surface area contributed by atoms with Crippen molar-refractivity contribution in [1.29, 1.82) is 5.26 Å². The van der Waals surface area contributed by atoms with Crippen LogP contribution in [-0.2, 0) is 6.54 Å². The summed E-state index contributed by atoms with van der Waals surface area (Å²) in [6, 6.07) is 16.3. The standard InChI is InChI=1S/C18H21N3/c1-13-9-15(11-19)7-8-17(13)12-21(3)14(2)16-5-4-6-18(20)10-16/h4-10,14H,12,20H2,1-3H3. The molecule has 0 amide bonds. The maximum atomic E-state index is 8.93. The van der Waals surface area contributed by atoms with Crippen molar-refractivity contribution in [2.45, 2.75) is 26.4 Å².